The highest BCUT2D eigenvalue weighted by molar-refractivity contribution is 5.66. The monoisotopic (exact) mass is 161 g/mol. The zero-order valence-electron chi connectivity index (χ0n) is 6.81. The first kappa shape index (κ1) is 7.53. The Labute approximate surface area is 71.7 Å². The lowest BCUT2D eigenvalue weighted by atomic mass is 10.1. The molecule has 0 unspecified atom stereocenters. The predicted molar refractivity (Wildman–Crippen MR) is 47.1 cm³/mol. The lowest BCUT2D eigenvalue weighted by molar-refractivity contribution is 0.627. The summed E-state index contributed by atoms with van der Waals surface area (Å²) in [5, 5.41) is 0. The van der Waals surface area contributed by atoms with Crippen LogP contribution in [0, 0.1) is 11.9 Å². The molecule has 0 spiro atoms. The molecule has 1 radical (unpaired) electrons. The van der Waals surface area contributed by atoms with Crippen LogP contribution < -0.4 is 0 Å². The first-order chi connectivity index (χ1) is 5.86. The molecule has 1 heteroatoms. The molecule has 0 aliphatic heterocycles. The predicted octanol–water partition coefficient (Wildman–Crippen LogP) is 3.19. The Kier molecular flexibility index (Phi) is 1.94. The van der Waals surface area contributed by atoms with Crippen LogP contribution in [0.25, 0.3) is 5.57 Å². The van der Waals surface area contributed by atoms with E-state index in [0.29, 0.717) is 0 Å². The maximum absolute atomic E-state index is 12.8. The van der Waals surface area contributed by atoms with Crippen molar-refractivity contribution >= 4 is 5.57 Å². The van der Waals surface area contributed by atoms with Gasteiger partial charge in [-0.2, -0.15) is 0 Å². The zero-order valence-corrected chi connectivity index (χ0v) is 6.81. The van der Waals surface area contributed by atoms with Crippen LogP contribution in [-0.4, -0.2) is 0 Å². The maximum Gasteiger partial charge on any atom is 0.123 e. The van der Waals surface area contributed by atoms with Crippen LogP contribution in [0.2, 0.25) is 0 Å². The molecule has 2 rings (SSSR count). The van der Waals surface area contributed by atoms with Gasteiger partial charge in [-0.05, 0) is 48.6 Å². The Morgan fingerprint density at radius 1 is 1.42 bits per heavy atom. The van der Waals surface area contributed by atoms with E-state index < -0.39 is 0 Å². The van der Waals surface area contributed by atoms with Crippen molar-refractivity contribution in [1.82, 2.24) is 0 Å². The van der Waals surface area contributed by atoms with Crippen LogP contribution in [0.4, 0.5) is 4.39 Å². The highest BCUT2D eigenvalue weighted by Crippen LogP contribution is 2.27. The Balaban J connectivity index is 2.33. The third kappa shape index (κ3) is 1.40. The molecule has 0 saturated heterocycles. The lowest BCUT2D eigenvalue weighted by Gasteiger charge is -2.00. The average molecular weight is 161 g/mol. The van der Waals surface area contributed by atoms with Crippen LogP contribution in [-0.2, 0) is 0 Å². The Morgan fingerprint density at radius 3 is 3.00 bits per heavy atom. The fraction of sp³-hybridized carbons (Fsp3) is 0.273. The van der Waals surface area contributed by atoms with E-state index in [4.69, 9.17) is 0 Å². The van der Waals surface area contributed by atoms with Crippen molar-refractivity contribution in [1.29, 1.82) is 0 Å². The highest BCUT2D eigenvalue weighted by atomic mass is 19.1. The van der Waals surface area contributed by atoms with Crippen molar-refractivity contribution in [3.05, 3.63) is 41.7 Å². The molecule has 61 valence electrons. The van der Waals surface area contributed by atoms with E-state index in [-0.39, 0.29) is 5.82 Å². The summed E-state index contributed by atoms with van der Waals surface area (Å²) < 4.78 is 12.8. The highest BCUT2D eigenvalue weighted by Gasteiger charge is 2.07. The summed E-state index contributed by atoms with van der Waals surface area (Å²) in [4.78, 5) is 0. The standard InChI is InChI=1S/C11H10F/c12-11-7-3-6-10(8-11)9-4-1-2-5-9/h3-4,7-8H,1-2,5H2. The number of hydrogen-bond acceptors (Lipinski definition) is 0. The van der Waals surface area contributed by atoms with Gasteiger partial charge in [-0.25, -0.2) is 4.39 Å². The van der Waals surface area contributed by atoms with Crippen LogP contribution in [0.3, 0.4) is 0 Å². The molecule has 0 heterocycles. The van der Waals surface area contributed by atoms with E-state index in [1.807, 2.05) is 0 Å². The molecule has 1 aliphatic carbocycles. The minimum absolute atomic E-state index is 0.170. The van der Waals surface area contributed by atoms with Crippen LogP contribution in [0.1, 0.15) is 24.8 Å². The minimum atomic E-state index is -0.170. The van der Waals surface area contributed by atoms with Gasteiger partial charge in [0.05, 0.1) is 0 Å². The van der Waals surface area contributed by atoms with E-state index in [9.17, 15) is 4.39 Å². The molecule has 1 aliphatic rings. The third-order valence-electron chi connectivity index (χ3n) is 2.15. The smallest absolute Gasteiger partial charge is 0.123 e. The van der Waals surface area contributed by atoms with Crippen molar-refractivity contribution in [2.24, 2.45) is 0 Å². The van der Waals surface area contributed by atoms with Crippen molar-refractivity contribution in [2.45, 2.75) is 19.3 Å². The molecule has 0 fully saturated rings. The first-order valence-electron chi connectivity index (χ1n) is 4.23. The van der Waals surface area contributed by atoms with Gasteiger partial charge in [-0.3, -0.25) is 0 Å². The van der Waals surface area contributed by atoms with Gasteiger partial charge >= 0.3 is 0 Å². The molecule has 0 bridgehead atoms. The molecule has 1 aromatic rings. The summed E-state index contributed by atoms with van der Waals surface area (Å²) >= 11 is 0. The van der Waals surface area contributed by atoms with E-state index in [0.717, 1.165) is 18.4 Å². The molecular weight excluding hydrogens is 151 g/mol. The zero-order chi connectivity index (χ0) is 8.39. The van der Waals surface area contributed by atoms with Crippen molar-refractivity contribution in [2.75, 3.05) is 0 Å². The number of rotatable bonds is 1. The van der Waals surface area contributed by atoms with Gasteiger partial charge in [-0.15, -0.1) is 0 Å². The van der Waals surface area contributed by atoms with Crippen LogP contribution >= 0.6 is 0 Å². The van der Waals surface area contributed by atoms with Crippen LogP contribution in [0.5, 0.6) is 0 Å². The van der Waals surface area contributed by atoms with Gasteiger partial charge in [0, 0.05) is 0 Å². The second-order valence-corrected chi connectivity index (χ2v) is 3.04. The van der Waals surface area contributed by atoms with Gasteiger partial charge in [-0.1, -0.05) is 12.1 Å². The molecule has 0 atom stereocenters. The second-order valence-electron chi connectivity index (χ2n) is 3.04. The van der Waals surface area contributed by atoms with Gasteiger partial charge in [0.25, 0.3) is 0 Å². The molecule has 0 amide bonds. The maximum atomic E-state index is 12.8. The summed E-state index contributed by atoms with van der Waals surface area (Å²) in [5.74, 6) is -0.170. The molecule has 12 heavy (non-hydrogen) atoms. The second kappa shape index (κ2) is 3.10. The number of allylic oxidation sites excluding steroid dienone is 2. The van der Waals surface area contributed by atoms with E-state index in [1.165, 1.54) is 18.1 Å². The van der Waals surface area contributed by atoms with Crippen molar-refractivity contribution in [3.63, 3.8) is 0 Å². The first-order valence-corrected chi connectivity index (χ1v) is 4.23. The quantitative estimate of drug-likeness (QED) is 0.593. The minimum Gasteiger partial charge on any atom is -0.207 e. The van der Waals surface area contributed by atoms with Crippen molar-refractivity contribution in [3.8, 4) is 0 Å². The fourth-order valence-electron chi connectivity index (χ4n) is 1.54. The Morgan fingerprint density at radius 2 is 2.33 bits per heavy atom. The normalized spacial score (nSPS) is 16.2. The Hall–Kier alpha value is -1.11. The molecular formula is C11H10F. The van der Waals surface area contributed by atoms with Crippen molar-refractivity contribution < 1.29 is 4.39 Å². The van der Waals surface area contributed by atoms with E-state index >= 15 is 0 Å². The number of hydrogen-bond donors (Lipinski definition) is 0. The van der Waals surface area contributed by atoms with Gasteiger partial charge in [0.2, 0.25) is 0 Å². The summed E-state index contributed by atoms with van der Waals surface area (Å²) in [5.41, 5.74) is 2.17. The SMILES string of the molecule is Fc1cc[c]c(C2=CCCC2)c1. The fourth-order valence-corrected chi connectivity index (χ4v) is 1.54. The number of halogens is 1. The summed E-state index contributed by atoms with van der Waals surface area (Å²) in [7, 11) is 0. The molecule has 0 saturated carbocycles. The molecule has 0 nitrogen and oxygen atoms in total. The molecule has 0 N–H and O–H groups in total. The van der Waals surface area contributed by atoms with Crippen LogP contribution in [0.15, 0.2) is 24.3 Å². The van der Waals surface area contributed by atoms with Gasteiger partial charge in [0.15, 0.2) is 0 Å². The number of benzene rings is 1. The van der Waals surface area contributed by atoms with E-state index in [1.54, 1.807) is 12.1 Å². The van der Waals surface area contributed by atoms with Gasteiger partial charge < -0.3 is 0 Å². The molecule has 0 aromatic heterocycles. The summed E-state index contributed by atoms with van der Waals surface area (Å²) in [6, 6.07) is 7.67. The molecule has 1 aromatic carbocycles. The lowest BCUT2D eigenvalue weighted by Crippen LogP contribution is -1.82. The Bertz CT molecular complexity index is 313. The average Bonchev–Trinajstić information content (AvgIpc) is 2.56. The van der Waals surface area contributed by atoms with E-state index in [2.05, 4.69) is 12.1 Å². The largest absolute Gasteiger partial charge is 0.207 e. The topological polar surface area (TPSA) is 0 Å². The third-order valence-corrected chi connectivity index (χ3v) is 2.15. The summed E-state index contributed by atoms with van der Waals surface area (Å²) in [6.07, 6.45) is 5.56. The van der Waals surface area contributed by atoms with Gasteiger partial charge in [0.1, 0.15) is 5.82 Å². The summed E-state index contributed by atoms with van der Waals surface area (Å²) in [6.45, 7) is 0.